The van der Waals surface area contributed by atoms with Crippen molar-refractivity contribution in [1.29, 1.82) is 0 Å². The van der Waals surface area contributed by atoms with E-state index in [2.05, 4.69) is 5.32 Å². The number of likely N-dealkylation sites (N-methyl/N-ethyl adjacent to an activating group) is 1. The van der Waals surface area contributed by atoms with Crippen molar-refractivity contribution < 1.29 is 4.79 Å². The van der Waals surface area contributed by atoms with Crippen LogP contribution in [0.3, 0.4) is 0 Å². The van der Waals surface area contributed by atoms with Crippen LogP contribution in [0.15, 0.2) is 0 Å². The van der Waals surface area contributed by atoms with Crippen molar-refractivity contribution in [1.82, 2.24) is 10.2 Å². The SMILES string of the molecule is CCC(=O)NCCN(C)C. The molecule has 3 nitrogen and oxygen atoms in total. The molecule has 0 rings (SSSR count). The molecule has 0 aromatic heterocycles. The second-order valence-corrected chi connectivity index (χ2v) is 2.51. The molecule has 1 N–H and O–H groups in total. The fourth-order valence-corrected chi connectivity index (χ4v) is 0.544. The summed E-state index contributed by atoms with van der Waals surface area (Å²) >= 11 is 0. The second kappa shape index (κ2) is 5.23. The van der Waals surface area contributed by atoms with Crippen LogP contribution in [-0.2, 0) is 4.79 Å². The Morgan fingerprint density at radius 1 is 1.50 bits per heavy atom. The van der Waals surface area contributed by atoms with E-state index in [0.717, 1.165) is 13.1 Å². The number of rotatable bonds is 4. The maximum absolute atomic E-state index is 10.7. The number of carbonyl (C=O) groups is 1. The summed E-state index contributed by atoms with van der Waals surface area (Å²) in [6.45, 7) is 3.51. The number of carbonyl (C=O) groups excluding carboxylic acids is 1. The van der Waals surface area contributed by atoms with E-state index in [0.29, 0.717) is 6.42 Å². The maximum Gasteiger partial charge on any atom is 0.219 e. The van der Waals surface area contributed by atoms with Crippen molar-refractivity contribution in [2.24, 2.45) is 0 Å². The average Bonchev–Trinajstić information content (AvgIpc) is 1.87. The molecule has 0 aromatic rings. The Kier molecular flexibility index (Phi) is 4.94. The molecule has 3 heteroatoms. The van der Waals surface area contributed by atoms with E-state index in [1.165, 1.54) is 0 Å². The first-order valence-electron chi connectivity index (χ1n) is 3.58. The van der Waals surface area contributed by atoms with Crippen molar-refractivity contribution in [2.45, 2.75) is 13.3 Å². The van der Waals surface area contributed by atoms with Gasteiger partial charge in [-0.3, -0.25) is 4.79 Å². The molecule has 0 aliphatic heterocycles. The molecule has 10 heavy (non-hydrogen) atoms. The first-order valence-corrected chi connectivity index (χ1v) is 3.58. The van der Waals surface area contributed by atoms with E-state index >= 15 is 0 Å². The molecule has 0 radical (unpaired) electrons. The van der Waals surface area contributed by atoms with E-state index in [9.17, 15) is 4.79 Å². The van der Waals surface area contributed by atoms with Crippen molar-refractivity contribution >= 4 is 5.91 Å². The van der Waals surface area contributed by atoms with Crippen molar-refractivity contribution in [3.8, 4) is 0 Å². The average molecular weight is 144 g/mol. The van der Waals surface area contributed by atoms with Crippen LogP contribution in [0.4, 0.5) is 0 Å². The lowest BCUT2D eigenvalue weighted by Crippen LogP contribution is -2.30. The number of hydrogen-bond donors (Lipinski definition) is 1. The third-order valence-corrected chi connectivity index (χ3v) is 1.20. The molecule has 0 unspecified atom stereocenters. The number of nitrogens with one attached hydrogen (secondary N) is 1. The summed E-state index contributed by atoms with van der Waals surface area (Å²) in [6, 6.07) is 0. The van der Waals surface area contributed by atoms with Gasteiger partial charge in [-0.1, -0.05) is 6.92 Å². The standard InChI is InChI=1S/C7H16N2O/c1-4-7(10)8-5-6-9(2)3/h4-6H2,1-3H3,(H,8,10). The van der Waals surface area contributed by atoms with Crippen LogP contribution < -0.4 is 5.32 Å². The van der Waals surface area contributed by atoms with Gasteiger partial charge < -0.3 is 10.2 Å². The van der Waals surface area contributed by atoms with Gasteiger partial charge in [0.1, 0.15) is 0 Å². The van der Waals surface area contributed by atoms with Gasteiger partial charge in [-0.05, 0) is 14.1 Å². The summed E-state index contributed by atoms with van der Waals surface area (Å²) in [6.07, 6.45) is 0.577. The molecule has 0 heterocycles. The minimum Gasteiger partial charge on any atom is -0.355 e. The van der Waals surface area contributed by atoms with Crippen LogP contribution in [-0.4, -0.2) is 38.0 Å². The smallest absolute Gasteiger partial charge is 0.219 e. The van der Waals surface area contributed by atoms with Crippen LogP contribution in [0, 0.1) is 0 Å². The van der Waals surface area contributed by atoms with Crippen molar-refractivity contribution in [3.63, 3.8) is 0 Å². The third-order valence-electron chi connectivity index (χ3n) is 1.20. The van der Waals surface area contributed by atoms with Crippen LogP contribution >= 0.6 is 0 Å². The molecule has 1 amide bonds. The van der Waals surface area contributed by atoms with Gasteiger partial charge in [-0.2, -0.15) is 0 Å². The topological polar surface area (TPSA) is 32.3 Å². The molecule has 0 atom stereocenters. The quantitative estimate of drug-likeness (QED) is 0.605. The van der Waals surface area contributed by atoms with Crippen LogP contribution in [0.5, 0.6) is 0 Å². The summed E-state index contributed by atoms with van der Waals surface area (Å²) in [4.78, 5) is 12.7. The predicted octanol–water partition coefficient (Wildman–Crippen LogP) is 0.0742. The van der Waals surface area contributed by atoms with Crippen molar-refractivity contribution in [3.05, 3.63) is 0 Å². The normalized spacial score (nSPS) is 10.0. The molecule has 60 valence electrons. The molecule has 0 saturated heterocycles. The summed E-state index contributed by atoms with van der Waals surface area (Å²) < 4.78 is 0. The highest BCUT2D eigenvalue weighted by molar-refractivity contribution is 5.75. The highest BCUT2D eigenvalue weighted by Gasteiger charge is 1.94. The largest absolute Gasteiger partial charge is 0.355 e. The van der Waals surface area contributed by atoms with E-state index in [4.69, 9.17) is 0 Å². The Bertz CT molecular complexity index is 102. The number of amides is 1. The zero-order chi connectivity index (χ0) is 7.98. The fraction of sp³-hybridized carbons (Fsp3) is 0.857. The summed E-state index contributed by atoms with van der Waals surface area (Å²) in [5.41, 5.74) is 0. The molecule has 0 saturated carbocycles. The van der Waals surface area contributed by atoms with E-state index in [-0.39, 0.29) is 5.91 Å². The first kappa shape index (κ1) is 9.43. The molecule has 0 spiro atoms. The molecular weight excluding hydrogens is 128 g/mol. The van der Waals surface area contributed by atoms with Crippen molar-refractivity contribution in [2.75, 3.05) is 27.2 Å². The number of hydrogen-bond acceptors (Lipinski definition) is 2. The molecule has 0 aliphatic carbocycles. The molecule has 0 aliphatic rings. The first-order chi connectivity index (χ1) is 4.66. The minimum absolute atomic E-state index is 0.127. The van der Waals surface area contributed by atoms with Gasteiger partial charge in [0.15, 0.2) is 0 Å². The zero-order valence-corrected chi connectivity index (χ0v) is 6.98. The molecular formula is C7H16N2O. The monoisotopic (exact) mass is 144 g/mol. The van der Waals surface area contributed by atoms with Gasteiger partial charge in [0.05, 0.1) is 0 Å². The predicted molar refractivity (Wildman–Crippen MR) is 41.9 cm³/mol. The summed E-state index contributed by atoms with van der Waals surface area (Å²) in [5, 5.41) is 2.78. The van der Waals surface area contributed by atoms with Gasteiger partial charge in [0, 0.05) is 19.5 Å². The molecule has 0 fully saturated rings. The maximum atomic E-state index is 10.7. The highest BCUT2D eigenvalue weighted by atomic mass is 16.1. The van der Waals surface area contributed by atoms with Crippen LogP contribution in [0.1, 0.15) is 13.3 Å². The lowest BCUT2D eigenvalue weighted by Gasteiger charge is -2.09. The Labute approximate surface area is 62.4 Å². The zero-order valence-electron chi connectivity index (χ0n) is 6.98. The minimum atomic E-state index is 0.127. The van der Waals surface area contributed by atoms with Crippen LogP contribution in [0.25, 0.3) is 0 Å². The Morgan fingerprint density at radius 2 is 2.10 bits per heavy atom. The Balaban J connectivity index is 3.12. The summed E-state index contributed by atoms with van der Waals surface area (Å²) in [7, 11) is 3.97. The van der Waals surface area contributed by atoms with Crippen LogP contribution in [0.2, 0.25) is 0 Å². The fourth-order valence-electron chi connectivity index (χ4n) is 0.544. The summed E-state index contributed by atoms with van der Waals surface area (Å²) in [5.74, 6) is 0.127. The lowest BCUT2D eigenvalue weighted by molar-refractivity contribution is -0.120. The van der Waals surface area contributed by atoms with E-state index in [1.54, 1.807) is 0 Å². The third kappa shape index (κ3) is 5.56. The Morgan fingerprint density at radius 3 is 2.50 bits per heavy atom. The van der Waals surface area contributed by atoms with Gasteiger partial charge in [0.25, 0.3) is 0 Å². The van der Waals surface area contributed by atoms with Gasteiger partial charge in [-0.25, -0.2) is 0 Å². The van der Waals surface area contributed by atoms with Gasteiger partial charge in [0.2, 0.25) is 5.91 Å². The van der Waals surface area contributed by atoms with Gasteiger partial charge >= 0.3 is 0 Å². The number of nitrogens with zero attached hydrogens (tertiary/aromatic N) is 1. The van der Waals surface area contributed by atoms with E-state index in [1.807, 2.05) is 25.9 Å². The van der Waals surface area contributed by atoms with E-state index < -0.39 is 0 Å². The lowest BCUT2D eigenvalue weighted by atomic mass is 10.4. The molecule has 0 bridgehead atoms. The Hall–Kier alpha value is -0.570. The molecule has 0 aromatic carbocycles. The highest BCUT2D eigenvalue weighted by Crippen LogP contribution is 1.75. The van der Waals surface area contributed by atoms with Gasteiger partial charge in [-0.15, -0.1) is 0 Å². The second-order valence-electron chi connectivity index (χ2n) is 2.51.